The summed E-state index contributed by atoms with van der Waals surface area (Å²) in [7, 11) is 10.7. The van der Waals surface area contributed by atoms with E-state index in [9.17, 15) is 36.0 Å². The van der Waals surface area contributed by atoms with Gasteiger partial charge in [-0.15, -0.1) is 14.1 Å². The number of hydrogen-bond donors (Lipinski definition) is 0. The molecule has 53 heavy (non-hydrogen) atoms. The molecule has 6 radical (unpaired) electrons. The topological polar surface area (TPSA) is 203 Å². The molecule has 320 valence electrons. The second-order valence-corrected chi connectivity index (χ2v) is 12.1. The van der Waals surface area contributed by atoms with Crippen LogP contribution in [0.25, 0.3) is 21.3 Å². The van der Waals surface area contributed by atoms with Crippen molar-refractivity contribution in [1.82, 2.24) is 14.1 Å². The number of amides is 4. The van der Waals surface area contributed by atoms with Crippen LogP contribution in [0.4, 0.5) is 0 Å². The van der Waals surface area contributed by atoms with E-state index in [0.717, 1.165) is 36.2 Å². The minimum Gasteiger partial charge on any atom is -0.668 e. The number of hydrogen-bond acceptors (Lipinski definition) is 8. The van der Waals surface area contributed by atoms with E-state index in [0.29, 0.717) is 6.42 Å². The van der Waals surface area contributed by atoms with Crippen molar-refractivity contribution < 1.29 is 232 Å². The third-order valence-electron chi connectivity index (χ3n) is 2.66. The van der Waals surface area contributed by atoms with Gasteiger partial charge in [-0.3, -0.25) is 0 Å². The maximum atomic E-state index is 10.3. The Labute approximate surface area is 484 Å². The van der Waals surface area contributed by atoms with Crippen LogP contribution in [0.3, 0.4) is 0 Å². The molecule has 0 atom stereocenters. The number of sulfonamides is 1. The van der Waals surface area contributed by atoms with Crippen molar-refractivity contribution in [3.63, 3.8) is 0 Å². The molecule has 0 aromatic rings. The van der Waals surface area contributed by atoms with E-state index in [4.69, 9.17) is 0 Å². The molecule has 23 heteroatoms. The molecule has 0 bridgehead atoms. The number of carbonyl (C=O) groups is 2. The number of nitrogens with zero attached hydrogens (tertiary/aromatic N) is 7. The maximum Gasteiger partial charge on any atom is 0.210 e. The second-order valence-electron chi connectivity index (χ2n) is 7.57. The Balaban J connectivity index is -0.0000000127. The van der Waals surface area contributed by atoms with Crippen LogP contribution in [0.15, 0.2) is 0 Å². The van der Waals surface area contributed by atoms with E-state index in [2.05, 4.69) is 21.3 Å². The van der Waals surface area contributed by atoms with Gasteiger partial charge in [0.25, 0.3) is 0 Å². The maximum absolute atomic E-state index is 10.3. The average Bonchev–Trinajstić information content (AvgIpc) is 2.88. The predicted molar refractivity (Wildman–Crippen MR) is 211 cm³/mol. The molecule has 0 N–H and O–H groups in total. The molecule has 4 amide bonds. The minimum absolute atomic E-state index is 0. The molecule has 0 fully saturated rings. The fourth-order valence-corrected chi connectivity index (χ4v) is 0.223. The largest absolute Gasteiger partial charge is 0.668 e. The van der Waals surface area contributed by atoms with Crippen molar-refractivity contribution in [3.8, 4) is 0 Å². The first-order valence-electron chi connectivity index (χ1n) is 11.9. The first kappa shape index (κ1) is 131. The Bertz CT molecular complexity index is 779. The Hall–Kier alpha value is 4.28. The van der Waals surface area contributed by atoms with Gasteiger partial charge in [0.2, 0.25) is 10.0 Å². The van der Waals surface area contributed by atoms with Crippen LogP contribution in [0.1, 0.15) is 34.1 Å². The van der Waals surface area contributed by atoms with Crippen LogP contribution in [-0.4, -0.2) is 158 Å². The van der Waals surface area contributed by atoms with Crippen LogP contribution in [-0.2, 0) is 235 Å². The molecule has 15 nitrogen and oxygen atoms in total. The van der Waals surface area contributed by atoms with E-state index in [-0.39, 0.29) is 253 Å². The Morgan fingerprint density at radius 1 is 0.604 bits per heavy atom. The summed E-state index contributed by atoms with van der Waals surface area (Å²) in [5.74, 6) is -0.153. The van der Waals surface area contributed by atoms with E-state index in [1.54, 1.807) is 62.0 Å². The van der Waals surface area contributed by atoms with Crippen LogP contribution < -0.4 is 0 Å². The zero-order valence-corrected chi connectivity index (χ0v) is 56.5. The van der Waals surface area contributed by atoms with Crippen LogP contribution >= 0.6 is 0 Å². The summed E-state index contributed by atoms with van der Waals surface area (Å²) in [5.41, 5.74) is 0. The molecule has 0 heterocycles. The fraction of sp³-hybridized carbons (Fsp3) is 0.667. The fourth-order valence-electron chi connectivity index (χ4n) is 0.223. The number of carbonyl (C=O) groups excluding carboxylic acids is 4. The predicted octanol–water partition coefficient (Wildman–Crippen LogP) is 4.57. The van der Waals surface area contributed by atoms with Gasteiger partial charge in [-0.2, -0.15) is 40.5 Å². The van der Waals surface area contributed by atoms with Crippen LogP contribution in [0, 0.1) is 44.6 Å². The first-order valence-corrected chi connectivity index (χ1v) is 16.0. The Morgan fingerprint density at radius 3 is 0.792 bits per heavy atom. The SMILES string of the molecule is CCC(=O)[N-]C.CCN(C)[C-]=O.CC[N-]C.CN(C)S(C)(=O)=O.CN(C)[C-]=O.CS(C)(=O)=O.C[N-]C.C[N-]C(C)=O.[CH3-].[CH3-].[CH3-].[CH3-].[CH3-].[CH3-].[Y].[Y].[Y].[Y].[Y].[Y]. The molecule has 0 aliphatic rings. The van der Waals surface area contributed by atoms with Gasteiger partial charge < -0.3 is 94.8 Å². The van der Waals surface area contributed by atoms with Gasteiger partial charge in [0.15, 0.2) is 0 Å². The third-order valence-corrected chi connectivity index (χ3v) is 3.99. The van der Waals surface area contributed by atoms with Gasteiger partial charge in [0.05, 0.1) is 12.2 Å². The number of sulfone groups is 1. The van der Waals surface area contributed by atoms with Crippen LogP contribution in [0.5, 0.6) is 0 Å². The van der Waals surface area contributed by atoms with E-state index >= 15 is 0 Å². The van der Waals surface area contributed by atoms with Gasteiger partial charge >= 0.3 is 0 Å². The molecule has 0 aromatic carbocycles. The Kier molecular flexibility index (Phi) is 261. The molecule has 0 spiro atoms. The van der Waals surface area contributed by atoms with Gasteiger partial charge in [0.1, 0.15) is 9.84 Å². The molecule has 0 saturated carbocycles. The molecule has 0 saturated heterocycles. The van der Waals surface area contributed by atoms with Crippen LogP contribution in [0.2, 0.25) is 0 Å². The smallest absolute Gasteiger partial charge is 0.210 e. The van der Waals surface area contributed by atoms with Crippen molar-refractivity contribution in [2.24, 2.45) is 0 Å². The summed E-state index contributed by atoms with van der Waals surface area (Å²) < 4.78 is 40.9. The summed E-state index contributed by atoms with van der Waals surface area (Å²) in [6.45, 7) is 8.80. The summed E-state index contributed by atoms with van der Waals surface area (Å²) in [4.78, 5) is 41.3. The van der Waals surface area contributed by atoms with Crippen molar-refractivity contribution in [3.05, 3.63) is 65.8 Å². The molecule has 0 aliphatic carbocycles. The van der Waals surface area contributed by atoms with Gasteiger partial charge in [0, 0.05) is 229 Å². The molecule has 0 rings (SSSR count). The average molecular weight is 1260 g/mol. The van der Waals surface area contributed by atoms with Crippen molar-refractivity contribution in [2.75, 3.05) is 102 Å². The number of rotatable bonds is 6. The first-order chi connectivity index (χ1) is 18.4. The zero-order chi connectivity index (χ0) is 35.3. The van der Waals surface area contributed by atoms with Crippen molar-refractivity contribution >= 4 is 44.5 Å². The monoisotopic (exact) mass is 1260 g/mol. The summed E-state index contributed by atoms with van der Waals surface area (Å²) in [6, 6.07) is 0. The second kappa shape index (κ2) is 106. The van der Waals surface area contributed by atoms with Gasteiger partial charge in [-0.05, 0) is 41.0 Å². The molecular weight excluding hydrogens is 1180 g/mol. The normalized spacial score (nSPS) is 6.68. The molecule has 0 aliphatic heterocycles. The molecular formula is C30H75N7O8S2Y6-12. The molecule has 0 unspecified atom stereocenters. The summed E-state index contributed by atoms with van der Waals surface area (Å²) in [5, 5.41) is 13.9. The van der Waals surface area contributed by atoms with Crippen molar-refractivity contribution in [2.45, 2.75) is 34.1 Å². The van der Waals surface area contributed by atoms with Crippen molar-refractivity contribution in [1.29, 1.82) is 0 Å². The van der Waals surface area contributed by atoms with E-state index in [1.807, 2.05) is 13.8 Å². The summed E-state index contributed by atoms with van der Waals surface area (Å²) >= 11 is 0. The summed E-state index contributed by atoms with van der Waals surface area (Å²) in [6.07, 6.45) is 7.31. The van der Waals surface area contributed by atoms with E-state index < -0.39 is 19.9 Å². The van der Waals surface area contributed by atoms with Gasteiger partial charge in [-0.1, -0.05) is 20.8 Å². The third kappa shape index (κ3) is 306. The minimum atomic E-state index is -2.91. The zero-order valence-electron chi connectivity index (χ0n) is 37.8. The Morgan fingerprint density at radius 2 is 0.792 bits per heavy atom. The quantitative estimate of drug-likeness (QED) is 0.272. The van der Waals surface area contributed by atoms with E-state index in [1.165, 1.54) is 44.9 Å². The standard InChI is InChI=1S/C4H8NO.C4H9NO.C3H9NO2S.C3H6NO.C3H7NO.C3H8N.C2H6N.C2H6O2S.6CH3.6Y/c1-3-5(2)4-6;1-3-4(6)5-2;1-4(2)7(3,5)6;1-4(2)3-5;1-3(5)4-2;1-3-4-2;1-3-2;1-5(2,3)4;;;;;;;;;;;;/h3H2,1-2H3;3H2,1-2H3,(H,5,6);1-3H3;1-2H3;1-2H3,(H,4,5);3H2,1-2H3;1-2H3;1-2H3;6*1H3;;;;;;/q-1;;;-1;;2*-1;;6*-1;;;;;;/p-2. The molecule has 0 aromatic heterocycles. The van der Waals surface area contributed by atoms with Gasteiger partial charge in [-0.25, -0.2) is 21.1 Å².